The van der Waals surface area contributed by atoms with Crippen molar-refractivity contribution in [1.82, 2.24) is 15.2 Å². The second-order valence-corrected chi connectivity index (χ2v) is 5.66. The van der Waals surface area contributed by atoms with Gasteiger partial charge < -0.3 is 0 Å². The summed E-state index contributed by atoms with van der Waals surface area (Å²) in [5.74, 6) is 4.86. The van der Waals surface area contributed by atoms with Crippen molar-refractivity contribution in [1.29, 1.82) is 0 Å². The number of aromatic nitrogens is 2. The van der Waals surface area contributed by atoms with Crippen molar-refractivity contribution in [2.45, 2.75) is 0 Å². The SMILES string of the molecule is NNC(=O)c1ccc(-n2nc(-c3ccccc3)c3ccccc32)cc1. The van der Waals surface area contributed by atoms with Crippen LogP contribution in [0.1, 0.15) is 10.4 Å². The molecule has 0 aliphatic rings. The molecule has 1 heterocycles. The molecule has 0 bridgehead atoms. The van der Waals surface area contributed by atoms with Gasteiger partial charge in [-0.05, 0) is 30.3 Å². The summed E-state index contributed by atoms with van der Waals surface area (Å²) in [5.41, 5.74) is 6.53. The monoisotopic (exact) mass is 328 g/mol. The van der Waals surface area contributed by atoms with Gasteiger partial charge in [0.15, 0.2) is 0 Å². The molecule has 0 saturated heterocycles. The van der Waals surface area contributed by atoms with Crippen molar-refractivity contribution in [2.75, 3.05) is 0 Å². The van der Waals surface area contributed by atoms with E-state index < -0.39 is 0 Å². The average Bonchev–Trinajstić information content (AvgIpc) is 3.08. The molecule has 1 amide bonds. The van der Waals surface area contributed by atoms with Gasteiger partial charge in [-0.25, -0.2) is 10.5 Å². The molecule has 0 unspecified atom stereocenters. The highest BCUT2D eigenvalue weighted by molar-refractivity contribution is 5.95. The third-order valence-electron chi connectivity index (χ3n) is 4.14. The van der Waals surface area contributed by atoms with Crippen molar-refractivity contribution in [3.8, 4) is 16.9 Å². The highest BCUT2D eigenvalue weighted by Crippen LogP contribution is 2.29. The molecule has 4 rings (SSSR count). The lowest BCUT2D eigenvalue weighted by molar-refractivity contribution is 0.0953. The number of hydrogen-bond acceptors (Lipinski definition) is 3. The van der Waals surface area contributed by atoms with Gasteiger partial charge in [0.2, 0.25) is 0 Å². The van der Waals surface area contributed by atoms with Crippen molar-refractivity contribution in [2.24, 2.45) is 5.84 Å². The number of nitrogen functional groups attached to an aromatic ring is 1. The van der Waals surface area contributed by atoms with Gasteiger partial charge >= 0.3 is 0 Å². The summed E-state index contributed by atoms with van der Waals surface area (Å²) in [7, 11) is 0. The molecule has 122 valence electrons. The first-order valence-corrected chi connectivity index (χ1v) is 7.92. The number of rotatable bonds is 3. The van der Waals surface area contributed by atoms with Crippen LogP contribution in [0.25, 0.3) is 27.8 Å². The molecule has 0 radical (unpaired) electrons. The smallest absolute Gasteiger partial charge is 0.265 e. The molecule has 3 N–H and O–H groups in total. The topological polar surface area (TPSA) is 72.9 Å². The Balaban J connectivity index is 1.87. The number of fused-ring (bicyclic) bond motifs is 1. The van der Waals surface area contributed by atoms with E-state index >= 15 is 0 Å². The molecule has 1 aromatic heterocycles. The van der Waals surface area contributed by atoms with Gasteiger partial charge in [-0.15, -0.1) is 0 Å². The Kier molecular flexibility index (Phi) is 3.76. The average molecular weight is 328 g/mol. The number of para-hydroxylation sites is 1. The van der Waals surface area contributed by atoms with Crippen LogP contribution in [0.4, 0.5) is 0 Å². The molecule has 3 aromatic carbocycles. The lowest BCUT2D eigenvalue weighted by atomic mass is 10.1. The van der Waals surface area contributed by atoms with Gasteiger partial charge in [0.25, 0.3) is 5.91 Å². The van der Waals surface area contributed by atoms with Gasteiger partial charge in [0, 0.05) is 16.5 Å². The summed E-state index contributed by atoms with van der Waals surface area (Å²) in [5, 5.41) is 5.90. The van der Waals surface area contributed by atoms with Crippen molar-refractivity contribution >= 4 is 16.8 Å². The van der Waals surface area contributed by atoms with Crippen molar-refractivity contribution in [3.63, 3.8) is 0 Å². The van der Waals surface area contributed by atoms with Crippen molar-refractivity contribution in [3.05, 3.63) is 84.4 Å². The number of carbonyl (C=O) groups is 1. The maximum atomic E-state index is 11.6. The second-order valence-electron chi connectivity index (χ2n) is 5.66. The van der Waals surface area contributed by atoms with Gasteiger partial charge in [-0.3, -0.25) is 10.2 Å². The highest BCUT2D eigenvalue weighted by Gasteiger charge is 2.13. The van der Waals surface area contributed by atoms with Crippen LogP contribution in [-0.4, -0.2) is 15.7 Å². The fourth-order valence-electron chi connectivity index (χ4n) is 2.91. The number of benzene rings is 3. The van der Waals surface area contributed by atoms with Crippen LogP contribution in [0.3, 0.4) is 0 Å². The van der Waals surface area contributed by atoms with E-state index in [1.807, 2.05) is 65.3 Å². The Bertz CT molecular complexity index is 1040. The van der Waals surface area contributed by atoms with Gasteiger partial charge in [-0.1, -0.05) is 48.5 Å². The van der Waals surface area contributed by atoms with E-state index in [-0.39, 0.29) is 5.91 Å². The van der Waals surface area contributed by atoms with E-state index in [0.29, 0.717) is 5.56 Å². The minimum atomic E-state index is -0.318. The molecule has 0 atom stereocenters. The van der Waals surface area contributed by atoms with E-state index in [1.165, 1.54) is 0 Å². The Morgan fingerprint density at radius 2 is 1.56 bits per heavy atom. The fourth-order valence-corrected chi connectivity index (χ4v) is 2.91. The maximum Gasteiger partial charge on any atom is 0.265 e. The van der Waals surface area contributed by atoms with Crippen LogP contribution in [0.2, 0.25) is 0 Å². The van der Waals surface area contributed by atoms with E-state index in [1.54, 1.807) is 12.1 Å². The molecule has 5 nitrogen and oxygen atoms in total. The normalized spacial score (nSPS) is 10.8. The number of hydrazine groups is 1. The van der Waals surface area contributed by atoms with Crippen LogP contribution in [-0.2, 0) is 0 Å². The van der Waals surface area contributed by atoms with Gasteiger partial charge in [0.1, 0.15) is 5.69 Å². The number of nitrogens with zero attached hydrogens (tertiary/aromatic N) is 2. The molecule has 0 aliphatic carbocycles. The van der Waals surface area contributed by atoms with Crippen LogP contribution in [0, 0.1) is 0 Å². The minimum Gasteiger partial charge on any atom is -0.290 e. The van der Waals surface area contributed by atoms with Crippen LogP contribution < -0.4 is 11.3 Å². The summed E-state index contributed by atoms with van der Waals surface area (Å²) in [6.45, 7) is 0. The molecule has 4 aromatic rings. The lowest BCUT2D eigenvalue weighted by Crippen LogP contribution is -2.29. The molecule has 0 fully saturated rings. The highest BCUT2D eigenvalue weighted by atomic mass is 16.2. The molecule has 0 saturated carbocycles. The van der Waals surface area contributed by atoms with E-state index in [2.05, 4.69) is 11.5 Å². The zero-order valence-corrected chi connectivity index (χ0v) is 13.4. The second kappa shape index (κ2) is 6.22. The first-order chi connectivity index (χ1) is 12.3. The summed E-state index contributed by atoms with van der Waals surface area (Å²) < 4.78 is 1.89. The fraction of sp³-hybridized carbons (Fsp3) is 0. The molecular formula is C20H16N4O. The molecular weight excluding hydrogens is 312 g/mol. The summed E-state index contributed by atoms with van der Waals surface area (Å²) in [6, 6.07) is 25.4. The number of carbonyl (C=O) groups excluding carboxylic acids is 1. The zero-order valence-electron chi connectivity index (χ0n) is 13.4. The lowest BCUT2D eigenvalue weighted by Gasteiger charge is -2.05. The number of nitrogens with one attached hydrogen (secondary N) is 1. The Labute approximate surface area is 144 Å². The Morgan fingerprint density at radius 3 is 2.28 bits per heavy atom. The minimum absolute atomic E-state index is 0.318. The molecule has 25 heavy (non-hydrogen) atoms. The largest absolute Gasteiger partial charge is 0.290 e. The van der Waals surface area contributed by atoms with Crippen LogP contribution >= 0.6 is 0 Å². The van der Waals surface area contributed by atoms with Gasteiger partial charge in [0.05, 0.1) is 11.2 Å². The predicted octanol–water partition coefficient (Wildman–Crippen LogP) is 3.30. The zero-order chi connectivity index (χ0) is 17.2. The van der Waals surface area contributed by atoms with Crippen LogP contribution in [0.15, 0.2) is 78.9 Å². The number of amides is 1. The standard InChI is InChI=1S/C20H16N4O/c21-22-20(25)15-10-12-16(13-11-15)24-18-9-5-4-8-17(18)19(23-24)14-6-2-1-3-7-14/h1-13H,21H2,(H,22,25). The summed E-state index contributed by atoms with van der Waals surface area (Å²) >= 11 is 0. The summed E-state index contributed by atoms with van der Waals surface area (Å²) in [4.78, 5) is 11.6. The van der Waals surface area contributed by atoms with Crippen LogP contribution in [0.5, 0.6) is 0 Å². The molecule has 5 heteroatoms. The maximum absolute atomic E-state index is 11.6. The number of nitrogens with two attached hydrogens (primary N) is 1. The van der Waals surface area contributed by atoms with E-state index in [0.717, 1.165) is 27.8 Å². The molecule has 0 spiro atoms. The summed E-state index contributed by atoms with van der Waals surface area (Å²) in [6.07, 6.45) is 0. The third-order valence-corrected chi connectivity index (χ3v) is 4.14. The quantitative estimate of drug-likeness (QED) is 0.344. The van der Waals surface area contributed by atoms with Gasteiger partial charge in [-0.2, -0.15) is 5.10 Å². The van der Waals surface area contributed by atoms with Crippen molar-refractivity contribution < 1.29 is 4.79 Å². The molecule has 0 aliphatic heterocycles. The first kappa shape index (κ1) is 15.1. The number of hydrogen-bond donors (Lipinski definition) is 2. The Morgan fingerprint density at radius 1 is 0.880 bits per heavy atom. The van der Waals surface area contributed by atoms with E-state index in [9.17, 15) is 4.79 Å². The third kappa shape index (κ3) is 2.66. The van der Waals surface area contributed by atoms with E-state index in [4.69, 9.17) is 10.9 Å². The first-order valence-electron chi connectivity index (χ1n) is 7.92. The predicted molar refractivity (Wildman–Crippen MR) is 98.2 cm³/mol. The Hall–Kier alpha value is -3.44.